The molecule has 142 valence electrons. The van der Waals surface area contributed by atoms with E-state index in [1.54, 1.807) is 24.1 Å². The standard InChI is InChI=1S/C20H26FN3O.ClH/c1-23(15-18-7-9-19(21)10-8-18)20(25)16-24(14-12-22)13-11-17-5-3-2-4-6-17;/h2-10H,11-16,22H2,1H3;1H. The van der Waals surface area contributed by atoms with Crippen LogP contribution in [0.25, 0.3) is 0 Å². The predicted molar refractivity (Wildman–Crippen MR) is 106 cm³/mol. The molecule has 0 saturated carbocycles. The van der Waals surface area contributed by atoms with Gasteiger partial charge in [-0.2, -0.15) is 0 Å². The average Bonchev–Trinajstić information content (AvgIpc) is 2.62. The lowest BCUT2D eigenvalue weighted by Crippen LogP contribution is -2.41. The van der Waals surface area contributed by atoms with E-state index in [0.717, 1.165) is 18.5 Å². The highest BCUT2D eigenvalue weighted by atomic mass is 35.5. The van der Waals surface area contributed by atoms with E-state index in [1.165, 1.54) is 17.7 Å². The molecule has 0 heterocycles. The summed E-state index contributed by atoms with van der Waals surface area (Å²) in [6, 6.07) is 16.4. The van der Waals surface area contributed by atoms with E-state index < -0.39 is 0 Å². The van der Waals surface area contributed by atoms with Crippen molar-refractivity contribution in [1.82, 2.24) is 9.80 Å². The van der Waals surface area contributed by atoms with Gasteiger partial charge in [0.1, 0.15) is 5.82 Å². The van der Waals surface area contributed by atoms with Crippen LogP contribution in [0.5, 0.6) is 0 Å². The summed E-state index contributed by atoms with van der Waals surface area (Å²) in [5.74, 6) is -0.237. The van der Waals surface area contributed by atoms with Crippen molar-refractivity contribution in [3.63, 3.8) is 0 Å². The van der Waals surface area contributed by atoms with Gasteiger partial charge in [-0.15, -0.1) is 12.4 Å². The number of halogens is 2. The highest BCUT2D eigenvalue weighted by Gasteiger charge is 2.14. The molecule has 2 aromatic rings. The largest absolute Gasteiger partial charge is 0.340 e. The molecule has 0 aliphatic heterocycles. The van der Waals surface area contributed by atoms with Crippen LogP contribution in [0.1, 0.15) is 11.1 Å². The summed E-state index contributed by atoms with van der Waals surface area (Å²) in [4.78, 5) is 16.2. The lowest BCUT2D eigenvalue weighted by molar-refractivity contribution is -0.131. The van der Waals surface area contributed by atoms with Crippen LogP contribution in [0.4, 0.5) is 4.39 Å². The number of nitrogens with zero attached hydrogens (tertiary/aromatic N) is 2. The third-order valence-corrected chi connectivity index (χ3v) is 4.12. The van der Waals surface area contributed by atoms with Gasteiger partial charge in [-0.3, -0.25) is 9.69 Å². The molecule has 0 fully saturated rings. The van der Waals surface area contributed by atoms with Crippen LogP contribution in [0.3, 0.4) is 0 Å². The van der Waals surface area contributed by atoms with Gasteiger partial charge in [0.25, 0.3) is 0 Å². The van der Waals surface area contributed by atoms with Crippen molar-refractivity contribution in [1.29, 1.82) is 0 Å². The van der Waals surface area contributed by atoms with Crippen LogP contribution >= 0.6 is 12.4 Å². The second kappa shape index (κ2) is 11.6. The fourth-order valence-corrected chi connectivity index (χ4v) is 2.65. The van der Waals surface area contributed by atoms with Crippen molar-refractivity contribution in [2.45, 2.75) is 13.0 Å². The lowest BCUT2D eigenvalue weighted by Gasteiger charge is -2.25. The van der Waals surface area contributed by atoms with Crippen LogP contribution in [-0.2, 0) is 17.8 Å². The molecule has 0 atom stereocenters. The number of amides is 1. The summed E-state index contributed by atoms with van der Waals surface area (Å²) in [5.41, 5.74) is 7.84. The fraction of sp³-hybridized carbons (Fsp3) is 0.350. The molecule has 26 heavy (non-hydrogen) atoms. The van der Waals surface area contributed by atoms with Crippen molar-refractivity contribution in [2.75, 3.05) is 33.2 Å². The average molecular weight is 380 g/mol. The molecule has 0 radical (unpaired) electrons. The van der Waals surface area contributed by atoms with E-state index in [2.05, 4.69) is 17.0 Å². The Labute approximate surface area is 161 Å². The zero-order chi connectivity index (χ0) is 18.1. The zero-order valence-corrected chi connectivity index (χ0v) is 15.9. The summed E-state index contributed by atoms with van der Waals surface area (Å²) in [6.45, 7) is 2.79. The quantitative estimate of drug-likeness (QED) is 0.728. The van der Waals surface area contributed by atoms with Gasteiger partial charge in [-0.25, -0.2) is 4.39 Å². The molecule has 2 aromatic carbocycles. The van der Waals surface area contributed by atoms with Crippen molar-refractivity contribution < 1.29 is 9.18 Å². The van der Waals surface area contributed by atoms with E-state index in [0.29, 0.717) is 26.2 Å². The van der Waals surface area contributed by atoms with E-state index in [4.69, 9.17) is 5.73 Å². The molecule has 1 amide bonds. The Morgan fingerprint density at radius 3 is 2.27 bits per heavy atom. The normalized spacial score (nSPS) is 10.5. The maximum absolute atomic E-state index is 13.0. The minimum absolute atomic E-state index is 0. The van der Waals surface area contributed by atoms with E-state index in [9.17, 15) is 9.18 Å². The number of likely N-dealkylation sites (N-methyl/N-ethyl adjacent to an activating group) is 1. The monoisotopic (exact) mass is 379 g/mol. The Kier molecular flexibility index (Phi) is 9.88. The number of hydrogen-bond donors (Lipinski definition) is 1. The lowest BCUT2D eigenvalue weighted by atomic mass is 10.1. The van der Waals surface area contributed by atoms with Crippen LogP contribution < -0.4 is 5.73 Å². The number of hydrogen-bond acceptors (Lipinski definition) is 3. The fourth-order valence-electron chi connectivity index (χ4n) is 2.65. The summed E-state index contributed by atoms with van der Waals surface area (Å²) in [5, 5.41) is 0. The maximum Gasteiger partial charge on any atom is 0.236 e. The first kappa shape index (κ1) is 22.1. The first-order valence-corrected chi connectivity index (χ1v) is 8.53. The Balaban J connectivity index is 0.00000338. The van der Waals surface area contributed by atoms with E-state index in [-0.39, 0.29) is 24.1 Å². The second-order valence-electron chi connectivity index (χ2n) is 6.18. The smallest absolute Gasteiger partial charge is 0.236 e. The molecule has 2 rings (SSSR count). The SMILES string of the molecule is CN(Cc1ccc(F)cc1)C(=O)CN(CCN)CCc1ccccc1.Cl. The topological polar surface area (TPSA) is 49.6 Å². The van der Waals surface area contributed by atoms with Gasteiger partial charge < -0.3 is 10.6 Å². The van der Waals surface area contributed by atoms with Crippen molar-refractivity contribution in [3.05, 3.63) is 71.5 Å². The molecule has 6 heteroatoms. The number of nitrogens with two attached hydrogens (primary N) is 1. The molecule has 0 bridgehead atoms. The molecule has 0 spiro atoms. The van der Waals surface area contributed by atoms with E-state index in [1.807, 2.05) is 18.2 Å². The number of rotatable bonds is 9. The maximum atomic E-state index is 13.0. The second-order valence-corrected chi connectivity index (χ2v) is 6.18. The molecular weight excluding hydrogens is 353 g/mol. The zero-order valence-electron chi connectivity index (χ0n) is 15.1. The molecule has 0 saturated heterocycles. The number of benzene rings is 2. The third-order valence-electron chi connectivity index (χ3n) is 4.12. The molecule has 0 aliphatic rings. The number of carbonyl (C=O) groups is 1. The molecule has 2 N–H and O–H groups in total. The van der Waals surface area contributed by atoms with Gasteiger partial charge in [0.2, 0.25) is 5.91 Å². The molecular formula is C20H27ClFN3O. The Morgan fingerprint density at radius 1 is 1.00 bits per heavy atom. The Morgan fingerprint density at radius 2 is 1.65 bits per heavy atom. The summed E-state index contributed by atoms with van der Waals surface area (Å²) < 4.78 is 13.0. The molecule has 0 aromatic heterocycles. The first-order valence-electron chi connectivity index (χ1n) is 8.53. The summed E-state index contributed by atoms with van der Waals surface area (Å²) >= 11 is 0. The summed E-state index contributed by atoms with van der Waals surface area (Å²) in [6.07, 6.45) is 0.885. The van der Waals surface area contributed by atoms with Crippen molar-refractivity contribution in [3.8, 4) is 0 Å². The highest BCUT2D eigenvalue weighted by molar-refractivity contribution is 5.85. The first-order chi connectivity index (χ1) is 12.1. The minimum Gasteiger partial charge on any atom is -0.340 e. The van der Waals surface area contributed by atoms with Gasteiger partial charge in [0.15, 0.2) is 0 Å². The molecule has 0 unspecified atom stereocenters. The van der Waals surface area contributed by atoms with Crippen LogP contribution in [-0.4, -0.2) is 48.9 Å². The third kappa shape index (κ3) is 7.52. The van der Waals surface area contributed by atoms with Crippen LogP contribution in [0.2, 0.25) is 0 Å². The molecule has 4 nitrogen and oxygen atoms in total. The number of carbonyl (C=O) groups excluding carboxylic acids is 1. The van der Waals surface area contributed by atoms with Gasteiger partial charge in [0.05, 0.1) is 6.54 Å². The predicted octanol–water partition coefficient (Wildman–Crippen LogP) is 2.71. The minimum atomic E-state index is -0.271. The summed E-state index contributed by atoms with van der Waals surface area (Å²) in [7, 11) is 1.77. The Bertz CT molecular complexity index is 652. The van der Waals surface area contributed by atoms with Gasteiger partial charge >= 0.3 is 0 Å². The van der Waals surface area contributed by atoms with Gasteiger partial charge in [0, 0.05) is 33.2 Å². The van der Waals surface area contributed by atoms with Crippen molar-refractivity contribution in [2.24, 2.45) is 5.73 Å². The van der Waals surface area contributed by atoms with Gasteiger partial charge in [-0.1, -0.05) is 42.5 Å². The van der Waals surface area contributed by atoms with Crippen LogP contribution in [0, 0.1) is 5.82 Å². The highest BCUT2D eigenvalue weighted by Crippen LogP contribution is 2.07. The van der Waals surface area contributed by atoms with Gasteiger partial charge in [-0.05, 0) is 29.7 Å². The Hall–Kier alpha value is -1.95. The van der Waals surface area contributed by atoms with E-state index >= 15 is 0 Å². The van der Waals surface area contributed by atoms with Crippen LogP contribution in [0.15, 0.2) is 54.6 Å². The molecule has 0 aliphatic carbocycles. The van der Waals surface area contributed by atoms with Crippen molar-refractivity contribution >= 4 is 18.3 Å².